The summed E-state index contributed by atoms with van der Waals surface area (Å²) in [6.07, 6.45) is 0.380. The molecule has 3 aromatic rings. The van der Waals surface area contributed by atoms with Gasteiger partial charge in [0.2, 0.25) is 11.8 Å². The van der Waals surface area contributed by atoms with Crippen molar-refractivity contribution in [2.75, 3.05) is 17.4 Å². The van der Waals surface area contributed by atoms with Crippen LogP contribution in [0.3, 0.4) is 0 Å². The van der Waals surface area contributed by atoms with Crippen molar-refractivity contribution in [1.29, 1.82) is 0 Å². The molecule has 0 fully saturated rings. The lowest BCUT2D eigenvalue weighted by molar-refractivity contribution is -0.140. The van der Waals surface area contributed by atoms with Crippen molar-refractivity contribution < 1.29 is 18.0 Å². The Balaban J connectivity index is 2.07. The van der Waals surface area contributed by atoms with Crippen LogP contribution in [0.25, 0.3) is 0 Å². The molecular weight excluding hydrogens is 566 g/mol. The fourth-order valence-electron chi connectivity index (χ4n) is 4.18. The number of nitrogens with one attached hydrogen (secondary N) is 1. The van der Waals surface area contributed by atoms with Crippen LogP contribution in [-0.4, -0.2) is 44.3 Å². The van der Waals surface area contributed by atoms with E-state index < -0.39 is 28.5 Å². The van der Waals surface area contributed by atoms with Crippen LogP contribution < -0.4 is 9.62 Å². The van der Waals surface area contributed by atoms with Crippen LogP contribution in [0, 0.1) is 13.8 Å². The van der Waals surface area contributed by atoms with Gasteiger partial charge < -0.3 is 10.2 Å². The lowest BCUT2D eigenvalue weighted by Crippen LogP contribution is -2.52. The quantitative estimate of drug-likeness (QED) is 0.328. The molecule has 7 nitrogen and oxygen atoms in total. The van der Waals surface area contributed by atoms with Crippen LogP contribution in [0.15, 0.2) is 82.2 Å². The van der Waals surface area contributed by atoms with Gasteiger partial charge in [0.1, 0.15) is 12.6 Å². The van der Waals surface area contributed by atoms with Crippen LogP contribution >= 0.6 is 15.9 Å². The second-order valence-electron chi connectivity index (χ2n) is 9.07. The normalized spacial score (nSPS) is 12.0. The van der Waals surface area contributed by atoms with Crippen LogP contribution in [0.5, 0.6) is 0 Å². The first kappa shape index (κ1) is 29.4. The van der Waals surface area contributed by atoms with E-state index in [9.17, 15) is 18.0 Å². The molecule has 0 aromatic heterocycles. The van der Waals surface area contributed by atoms with E-state index in [-0.39, 0.29) is 17.3 Å². The van der Waals surface area contributed by atoms with Crippen LogP contribution in [0.2, 0.25) is 0 Å². The maximum Gasteiger partial charge on any atom is 0.264 e. The zero-order valence-electron chi connectivity index (χ0n) is 22.1. The van der Waals surface area contributed by atoms with E-state index in [0.29, 0.717) is 23.1 Å². The highest BCUT2D eigenvalue weighted by Gasteiger charge is 2.33. The van der Waals surface area contributed by atoms with E-state index in [1.807, 2.05) is 52.0 Å². The molecule has 0 saturated heterocycles. The van der Waals surface area contributed by atoms with Gasteiger partial charge in [0, 0.05) is 17.6 Å². The van der Waals surface area contributed by atoms with Crippen molar-refractivity contribution in [2.45, 2.75) is 51.6 Å². The fourth-order valence-corrected chi connectivity index (χ4v) is 5.97. The van der Waals surface area contributed by atoms with Crippen molar-refractivity contribution >= 4 is 43.5 Å². The van der Waals surface area contributed by atoms with Crippen LogP contribution in [-0.2, 0) is 26.2 Å². The van der Waals surface area contributed by atoms with Gasteiger partial charge in [0.15, 0.2) is 0 Å². The molecule has 1 unspecified atom stereocenters. The first-order valence-electron chi connectivity index (χ1n) is 12.5. The number of nitrogens with zero attached hydrogens (tertiary/aromatic N) is 2. The fraction of sp³-hybridized carbons (Fsp3) is 0.310. The van der Waals surface area contributed by atoms with Gasteiger partial charge in [-0.3, -0.25) is 13.9 Å². The number of hydrogen-bond donors (Lipinski definition) is 1. The molecule has 0 spiro atoms. The summed E-state index contributed by atoms with van der Waals surface area (Å²) in [6, 6.07) is 20.2. The second-order valence-corrected chi connectivity index (χ2v) is 11.8. The molecule has 0 bridgehead atoms. The number of halogens is 1. The van der Waals surface area contributed by atoms with Crippen LogP contribution in [0.4, 0.5) is 5.69 Å². The molecule has 9 heteroatoms. The van der Waals surface area contributed by atoms with Gasteiger partial charge in [-0.15, -0.1) is 0 Å². The number of carbonyl (C=O) groups excluding carboxylic acids is 2. The van der Waals surface area contributed by atoms with Gasteiger partial charge in [-0.25, -0.2) is 8.42 Å². The monoisotopic (exact) mass is 599 g/mol. The topological polar surface area (TPSA) is 86.8 Å². The van der Waals surface area contributed by atoms with E-state index in [1.165, 1.54) is 17.0 Å². The minimum Gasteiger partial charge on any atom is -0.355 e. The zero-order chi connectivity index (χ0) is 27.9. The predicted octanol–water partition coefficient (Wildman–Crippen LogP) is 5.20. The van der Waals surface area contributed by atoms with E-state index in [4.69, 9.17) is 0 Å². The Hall–Kier alpha value is -3.17. The van der Waals surface area contributed by atoms with E-state index in [2.05, 4.69) is 21.2 Å². The van der Waals surface area contributed by atoms with Gasteiger partial charge in [-0.05, 0) is 68.7 Å². The second kappa shape index (κ2) is 13.1. The molecule has 0 aliphatic carbocycles. The lowest BCUT2D eigenvalue weighted by atomic mass is 10.1. The summed E-state index contributed by atoms with van der Waals surface area (Å²) in [5.74, 6) is -0.741. The highest BCUT2D eigenvalue weighted by atomic mass is 79.9. The first-order valence-corrected chi connectivity index (χ1v) is 14.8. The molecule has 1 N–H and O–H groups in total. The minimum absolute atomic E-state index is 0.0806. The summed E-state index contributed by atoms with van der Waals surface area (Å²) in [5, 5.41) is 2.82. The number of rotatable bonds is 11. The molecule has 3 rings (SSSR count). The molecule has 0 saturated carbocycles. The third-order valence-corrected chi connectivity index (χ3v) is 8.60. The molecule has 3 aromatic carbocycles. The summed E-state index contributed by atoms with van der Waals surface area (Å²) in [4.78, 5) is 28.6. The van der Waals surface area contributed by atoms with Crippen molar-refractivity contribution in [3.05, 3.63) is 94.0 Å². The third-order valence-electron chi connectivity index (χ3n) is 6.32. The van der Waals surface area contributed by atoms with E-state index in [0.717, 1.165) is 21.0 Å². The van der Waals surface area contributed by atoms with E-state index in [1.54, 1.807) is 36.4 Å². The highest BCUT2D eigenvalue weighted by molar-refractivity contribution is 9.10. The first-order chi connectivity index (χ1) is 18.1. The molecule has 0 aliphatic rings. The number of hydrogen-bond acceptors (Lipinski definition) is 4. The van der Waals surface area contributed by atoms with Crippen molar-refractivity contribution in [3.8, 4) is 0 Å². The van der Waals surface area contributed by atoms with Gasteiger partial charge in [0.05, 0.1) is 10.6 Å². The van der Waals surface area contributed by atoms with Gasteiger partial charge in [-0.1, -0.05) is 70.9 Å². The Morgan fingerprint density at radius 2 is 1.63 bits per heavy atom. The molecule has 1 atom stereocenters. The Morgan fingerprint density at radius 3 is 2.24 bits per heavy atom. The molecular formula is C29H34BrN3O4S. The SMILES string of the molecule is CCNC(=O)C(CC)N(Cc1ccccc1C)C(=O)CN(c1cccc(Br)c1)S(=O)(=O)c1ccc(C)cc1. The summed E-state index contributed by atoms with van der Waals surface area (Å²) < 4.78 is 29.5. The molecule has 0 heterocycles. The Bertz CT molecular complexity index is 1380. The summed E-state index contributed by atoms with van der Waals surface area (Å²) >= 11 is 3.41. The average molecular weight is 601 g/mol. The number of amides is 2. The van der Waals surface area contributed by atoms with Crippen molar-refractivity contribution in [2.24, 2.45) is 0 Å². The standard InChI is InChI=1S/C29H34BrN3O4S/c1-5-27(29(35)31-6-2)32(19-23-11-8-7-10-22(23)4)28(34)20-33(25-13-9-12-24(30)18-25)38(36,37)26-16-14-21(3)15-17-26/h7-18,27H,5-6,19-20H2,1-4H3,(H,31,35). The number of benzene rings is 3. The van der Waals surface area contributed by atoms with Gasteiger partial charge >= 0.3 is 0 Å². The van der Waals surface area contributed by atoms with Crippen molar-refractivity contribution in [1.82, 2.24) is 10.2 Å². The minimum atomic E-state index is -4.10. The summed E-state index contributed by atoms with van der Waals surface area (Å²) in [5.41, 5.74) is 3.13. The lowest BCUT2D eigenvalue weighted by Gasteiger charge is -2.33. The maximum atomic E-state index is 14.0. The Labute approximate surface area is 234 Å². The molecule has 2 amide bonds. The van der Waals surface area contributed by atoms with Crippen molar-refractivity contribution in [3.63, 3.8) is 0 Å². The summed E-state index contributed by atoms with van der Waals surface area (Å²) in [7, 11) is -4.10. The predicted molar refractivity (Wildman–Crippen MR) is 154 cm³/mol. The number of carbonyl (C=O) groups is 2. The molecule has 38 heavy (non-hydrogen) atoms. The number of likely N-dealkylation sites (N-methyl/N-ethyl adjacent to an activating group) is 1. The third kappa shape index (κ3) is 7.02. The van der Waals surface area contributed by atoms with Gasteiger partial charge in [-0.2, -0.15) is 0 Å². The highest BCUT2D eigenvalue weighted by Crippen LogP contribution is 2.27. The van der Waals surface area contributed by atoms with Crippen LogP contribution in [0.1, 0.15) is 37.0 Å². The summed E-state index contributed by atoms with van der Waals surface area (Å²) in [6.45, 7) is 7.62. The van der Waals surface area contributed by atoms with Gasteiger partial charge in [0.25, 0.3) is 10.0 Å². The molecule has 0 radical (unpaired) electrons. The zero-order valence-corrected chi connectivity index (χ0v) is 24.6. The Kier molecular flexibility index (Phi) is 10.1. The Morgan fingerprint density at radius 1 is 0.947 bits per heavy atom. The average Bonchev–Trinajstić information content (AvgIpc) is 2.88. The molecule has 202 valence electrons. The number of sulfonamides is 1. The smallest absolute Gasteiger partial charge is 0.264 e. The number of anilines is 1. The number of aryl methyl sites for hydroxylation is 2. The maximum absolute atomic E-state index is 14.0. The largest absolute Gasteiger partial charge is 0.355 e. The van der Waals surface area contributed by atoms with E-state index >= 15 is 0 Å². The molecule has 0 aliphatic heterocycles.